The van der Waals surface area contributed by atoms with Crippen LogP contribution in [0, 0.1) is 11.3 Å². The molecule has 4 heteroatoms. The fourth-order valence-electron chi connectivity index (χ4n) is 2.06. The molecule has 0 heterocycles. The van der Waals surface area contributed by atoms with Crippen LogP contribution in [-0.4, -0.2) is 6.04 Å². The Morgan fingerprint density at radius 2 is 2.00 bits per heavy atom. The first kappa shape index (κ1) is 14.5. The third kappa shape index (κ3) is 3.79. The Morgan fingerprint density at radius 3 is 2.71 bits per heavy atom. The van der Waals surface area contributed by atoms with E-state index in [-0.39, 0.29) is 0 Å². The van der Waals surface area contributed by atoms with Crippen LogP contribution < -0.4 is 5.32 Å². The first-order valence-electron chi connectivity index (χ1n) is 6.95. The lowest BCUT2D eigenvalue weighted by Crippen LogP contribution is -2.15. The molecule has 0 bridgehead atoms. The Morgan fingerprint density at radius 1 is 1.19 bits per heavy atom. The average Bonchev–Trinajstić information content (AvgIpc) is 3.32. The van der Waals surface area contributed by atoms with E-state index < -0.39 is 0 Å². The summed E-state index contributed by atoms with van der Waals surface area (Å²) in [5.74, 6) is 0. The number of nitrogens with one attached hydrogen (secondary N) is 1. The van der Waals surface area contributed by atoms with Crippen LogP contribution in [0.25, 0.3) is 0 Å². The van der Waals surface area contributed by atoms with Gasteiger partial charge in [-0.15, -0.1) is 0 Å². The quantitative estimate of drug-likeness (QED) is 0.875. The van der Waals surface area contributed by atoms with E-state index in [9.17, 15) is 5.26 Å². The molecule has 0 saturated heterocycles. The number of nitrogens with zero attached hydrogens (tertiary/aromatic N) is 1. The predicted octanol–water partition coefficient (Wildman–Crippen LogP) is 4.61. The van der Waals surface area contributed by atoms with Crippen LogP contribution in [-0.2, 0) is 6.54 Å². The number of nitriles is 1. The highest BCUT2D eigenvalue weighted by molar-refractivity contribution is 7.99. The van der Waals surface area contributed by atoms with Gasteiger partial charge >= 0.3 is 0 Å². The minimum absolute atomic E-state index is 0.674. The van der Waals surface area contributed by atoms with Gasteiger partial charge in [0.15, 0.2) is 0 Å². The molecule has 106 valence electrons. The Labute approximate surface area is 134 Å². The van der Waals surface area contributed by atoms with Gasteiger partial charge < -0.3 is 5.32 Å². The van der Waals surface area contributed by atoms with E-state index in [4.69, 9.17) is 11.6 Å². The van der Waals surface area contributed by atoms with Crippen LogP contribution in [0.1, 0.15) is 24.0 Å². The van der Waals surface area contributed by atoms with E-state index >= 15 is 0 Å². The van der Waals surface area contributed by atoms with Gasteiger partial charge in [0, 0.05) is 22.4 Å². The van der Waals surface area contributed by atoms with E-state index in [0.717, 1.165) is 21.9 Å². The van der Waals surface area contributed by atoms with Crippen molar-refractivity contribution >= 4 is 23.4 Å². The number of hydrogen-bond donors (Lipinski definition) is 1. The number of halogens is 1. The topological polar surface area (TPSA) is 35.8 Å². The average molecular weight is 315 g/mol. The lowest BCUT2D eigenvalue weighted by molar-refractivity contribution is 0.687. The zero-order valence-corrected chi connectivity index (χ0v) is 13.0. The number of benzene rings is 2. The normalized spacial score (nSPS) is 13.9. The van der Waals surface area contributed by atoms with Crippen LogP contribution in [0.2, 0.25) is 5.02 Å². The van der Waals surface area contributed by atoms with Crippen LogP contribution >= 0.6 is 23.4 Å². The summed E-state index contributed by atoms with van der Waals surface area (Å²) in [6, 6.07) is 16.7. The molecular weight excluding hydrogens is 300 g/mol. The summed E-state index contributed by atoms with van der Waals surface area (Å²) in [4.78, 5) is 1.92. The zero-order valence-electron chi connectivity index (χ0n) is 11.5. The highest BCUT2D eigenvalue weighted by Gasteiger charge is 2.20. The van der Waals surface area contributed by atoms with E-state index in [0.29, 0.717) is 16.6 Å². The highest BCUT2D eigenvalue weighted by Crippen LogP contribution is 2.35. The van der Waals surface area contributed by atoms with Crippen LogP contribution in [0.4, 0.5) is 0 Å². The van der Waals surface area contributed by atoms with Crippen molar-refractivity contribution in [3.05, 3.63) is 58.6 Å². The maximum Gasteiger partial charge on any atom is 0.100 e. The second-order valence-electron chi connectivity index (χ2n) is 5.13. The minimum Gasteiger partial charge on any atom is -0.310 e. The van der Waals surface area contributed by atoms with Gasteiger partial charge in [0.05, 0.1) is 10.6 Å². The maximum absolute atomic E-state index is 9.36. The van der Waals surface area contributed by atoms with Gasteiger partial charge in [0.1, 0.15) is 6.07 Å². The number of rotatable bonds is 5. The molecule has 0 atom stereocenters. The van der Waals surface area contributed by atoms with Gasteiger partial charge in [-0.2, -0.15) is 5.26 Å². The third-order valence-electron chi connectivity index (χ3n) is 3.39. The van der Waals surface area contributed by atoms with Gasteiger partial charge in [-0.3, -0.25) is 0 Å². The first-order valence-corrected chi connectivity index (χ1v) is 8.14. The summed E-state index contributed by atoms with van der Waals surface area (Å²) in [5.41, 5.74) is 1.86. The van der Waals surface area contributed by atoms with Gasteiger partial charge in [-0.1, -0.05) is 41.6 Å². The summed E-state index contributed by atoms with van der Waals surface area (Å²) in [7, 11) is 0. The van der Waals surface area contributed by atoms with Gasteiger partial charge in [0.25, 0.3) is 0 Å². The Bertz CT molecular complexity index is 689. The Balaban J connectivity index is 1.78. The molecule has 0 radical (unpaired) electrons. The molecule has 1 aliphatic rings. The van der Waals surface area contributed by atoms with Crippen molar-refractivity contribution in [1.82, 2.24) is 5.32 Å². The Kier molecular flexibility index (Phi) is 4.50. The maximum atomic E-state index is 9.36. The van der Waals surface area contributed by atoms with Crippen molar-refractivity contribution in [2.75, 3.05) is 0 Å². The second kappa shape index (κ2) is 6.53. The first-order chi connectivity index (χ1) is 10.3. The standard InChI is InChI=1S/C17H15ClN2S/c18-15-3-1-2-4-17(15)21-16-8-5-12(9-13(16)10-19)11-20-14-6-7-14/h1-5,8-9,14,20H,6-7,11H2. The summed E-state index contributed by atoms with van der Waals surface area (Å²) >= 11 is 7.71. The molecule has 2 aromatic rings. The molecule has 21 heavy (non-hydrogen) atoms. The van der Waals surface area contributed by atoms with E-state index in [1.807, 2.05) is 36.4 Å². The molecule has 1 aliphatic carbocycles. The lowest BCUT2D eigenvalue weighted by atomic mass is 10.1. The fraction of sp³-hybridized carbons (Fsp3) is 0.235. The molecule has 0 unspecified atom stereocenters. The summed E-state index contributed by atoms with van der Waals surface area (Å²) in [6.07, 6.45) is 2.54. The number of hydrogen-bond acceptors (Lipinski definition) is 3. The largest absolute Gasteiger partial charge is 0.310 e. The van der Waals surface area contributed by atoms with Crippen molar-refractivity contribution in [3.63, 3.8) is 0 Å². The van der Waals surface area contributed by atoms with Crippen molar-refractivity contribution in [2.24, 2.45) is 0 Å². The summed E-state index contributed by atoms with van der Waals surface area (Å²) in [5, 5.41) is 13.5. The van der Waals surface area contributed by atoms with Gasteiger partial charge in [-0.25, -0.2) is 0 Å². The molecule has 1 saturated carbocycles. The summed E-state index contributed by atoms with van der Waals surface area (Å²) < 4.78 is 0. The fourth-order valence-corrected chi connectivity index (χ4v) is 3.21. The van der Waals surface area contributed by atoms with Crippen LogP contribution in [0.5, 0.6) is 0 Å². The molecule has 0 amide bonds. The third-order valence-corrected chi connectivity index (χ3v) is 4.99. The van der Waals surface area contributed by atoms with Crippen LogP contribution in [0.3, 0.4) is 0 Å². The van der Waals surface area contributed by atoms with E-state index in [1.54, 1.807) is 0 Å². The molecule has 2 nitrogen and oxygen atoms in total. The van der Waals surface area contributed by atoms with Gasteiger partial charge in [-0.05, 0) is 42.7 Å². The van der Waals surface area contributed by atoms with Crippen molar-refractivity contribution in [1.29, 1.82) is 5.26 Å². The predicted molar refractivity (Wildman–Crippen MR) is 86.6 cm³/mol. The smallest absolute Gasteiger partial charge is 0.100 e. The Hall–Kier alpha value is -1.47. The molecule has 1 fully saturated rings. The molecule has 3 rings (SSSR count). The lowest BCUT2D eigenvalue weighted by Gasteiger charge is -2.08. The molecule has 0 aromatic heterocycles. The van der Waals surface area contributed by atoms with Crippen LogP contribution in [0.15, 0.2) is 52.3 Å². The zero-order chi connectivity index (χ0) is 14.7. The summed E-state index contributed by atoms with van der Waals surface area (Å²) in [6.45, 7) is 0.830. The minimum atomic E-state index is 0.674. The second-order valence-corrected chi connectivity index (χ2v) is 6.62. The SMILES string of the molecule is N#Cc1cc(CNC2CC2)ccc1Sc1ccccc1Cl. The van der Waals surface area contributed by atoms with Crippen molar-refractivity contribution in [3.8, 4) is 6.07 Å². The molecule has 2 aromatic carbocycles. The van der Waals surface area contributed by atoms with E-state index in [2.05, 4.69) is 17.5 Å². The van der Waals surface area contributed by atoms with Gasteiger partial charge in [0.2, 0.25) is 0 Å². The van der Waals surface area contributed by atoms with E-state index in [1.165, 1.54) is 24.6 Å². The van der Waals surface area contributed by atoms with Crippen molar-refractivity contribution < 1.29 is 0 Å². The monoisotopic (exact) mass is 314 g/mol. The van der Waals surface area contributed by atoms with Crippen molar-refractivity contribution in [2.45, 2.75) is 35.2 Å². The molecule has 0 aliphatic heterocycles. The highest BCUT2D eigenvalue weighted by atomic mass is 35.5. The molecule has 1 N–H and O–H groups in total. The molecule has 0 spiro atoms. The molecular formula is C17H15ClN2S.